The standard InChI is InChI=1S/C11H18O2/c1-13-11(12)10-6-8-3-2-4-9(5-8)7-10/h8-10H,2-7H2,1H3/t8-,9?,10?/m1/s1. The van der Waals surface area contributed by atoms with Gasteiger partial charge in [0.15, 0.2) is 0 Å². The van der Waals surface area contributed by atoms with E-state index in [0.29, 0.717) is 0 Å². The third-order valence-electron chi connectivity index (χ3n) is 3.66. The first-order valence-corrected chi connectivity index (χ1v) is 5.37. The van der Waals surface area contributed by atoms with Crippen LogP contribution in [0.1, 0.15) is 38.5 Å². The van der Waals surface area contributed by atoms with Crippen molar-refractivity contribution in [3.05, 3.63) is 0 Å². The summed E-state index contributed by atoms with van der Waals surface area (Å²) in [4.78, 5) is 11.4. The molecule has 0 aliphatic heterocycles. The van der Waals surface area contributed by atoms with Gasteiger partial charge >= 0.3 is 5.97 Å². The van der Waals surface area contributed by atoms with Crippen molar-refractivity contribution >= 4 is 5.97 Å². The highest BCUT2D eigenvalue weighted by Crippen LogP contribution is 2.42. The summed E-state index contributed by atoms with van der Waals surface area (Å²) >= 11 is 0. The Bertz CT molecular complexity index is 188. The van der Waals surface area contributed by atoms with Gasteiger partial charge in [-0.15, -0.1) is 0 Å². The number of carbonyl (C=O) groups excluding carboxylic acids is 1. The molecule has 13 heavy (non-hydrogen) atoms. The second kappa shape index (κ2) is 3.69. The number of esters is 1. The highest BCUT2D eigenvalue weighted by atomic mass is 16.5. The van der Waals surface area contributed by atoms with Crippen LogP contribution in [0.25, 0.3) is 0 Å². The van der Waals surface area contributed by atoms with E-state index < -0.39 is 0 Å². The van der Waals surface area contributed by atoms with Gasteiger partial charge in [-0.05, 0) is 31.1 Å². The summed E-state index contributed by atoms with van der Waals surface area (Å²) in [5.74, 6) is 1.87. The van der Waals surface area contributed by atoms with E-state index in [0.717, 1.165) is 24.7 Å². The molecular formula is C11H18O2. The quantitative estimate of drug-likeness (QED) is 0.582. The van der Waals surface area contributed by atoms with Gasteiger partial charge in [0.25, 0.3) is 0 Å². The molecule has 0 N–H and O–H groups in total. The average Bonchev–Trinajstić information content (AvgIpc) is 2.16. The molecule has 0 saturated heterocycles. The molecule has 2 aliphatic carbocycles. The Morgan fingerprint density at radius 2 is 1.77 bits per heavy atom. The van der Waals surface area contributed by atoms with Gasteiger partial charge in [0, 0.05) is 0 Å². The van der Waals surface area contributed by atoms with E-state index in [1.165, 1.54) is 32.8 Å². The lowest BCUT2D eigenvalue weighted by molar-refractivity contribution is -0.148. The van der Waals surface area contributed by atoms with Gasteiger partial charge in [0.05, 0.1) is 13.0 Å². The predicted molar refractivity (Wildman–Crippen MR) is 50.2 cm³/mol. The van der Waals surface area contributed by atoms with E-state index in [4.69, 9.17) is 4.74 Å². The van der Waals surface area contributed by atoms with E-state index in [-0.39, 0.29) is 11.9 Å². The van der Waals surface area contributed by atoms with Gasteiger partial charge in [-0.1, -0.05) is 19.3 Å². The van der Waals surface area contributed by atoms with Gasteiger partial charge in [-0.2, -0.15) is 0 Å². The summed E-state index contributed by atoms with van der Waals surface area (Å²) in [7, 11) is 1.51. The molecule has 74 valence electrons. The first kappa shape index (κ1) is 9.04. The highest BCUT2D eigenvalue weighted by molar-refractivity contribution is 5.72. The van der Waals surface area contributed by atoms with Crippen LogP contribution in [0.5, 0.6) is 0 Å². The molecule has 2 saturated carbocycles. The number of hydrogen-bond acceptors (Lipinski definition) is 2. The maximum Gasteiger partial charge on any atom is 0.308 e. The Morgan fingerprint density at radius 3 is 2.31 bits per heavy atom. The Labute approximate surface area is 79.7 Å². The number of hydrogen-bond donors (Lipinski definition) is 0. The lowest BCUT2D eigenvalue weighted by Gasteiger charge is -2.37. The Balaban J connectivity index is 1.97. The number of fused-ring (bicyclic) bond motifs is 2. The molecule has 0 heterocycles. The Kier molecular flexibility index (Phi) is 2.56. The molecule has 2 heteroatoms. The molecular weight excluding hydrogens is 164 g/mol. The topological polar surface area (TPSA) is 26.3 Å². The zero-order valence-electron chi connectivity index (χ0n) is 8.29. The average molecular weight is 182 g/mol. The van der Waals surface area contributed by atoms with Crippen LogP contribution in [-0.4, -0.2) is 13.1 Å². The number of carbonyl (C=O) groups is 1. The first-order chi connectivity index (χ1) is 6.29. The smallest absolute Gasteiger partial charge is 0.308 e. The summed E-state index contributed by atoms with van der Waals surface area (Å²) in [6, 6.07) is 0. The fourth-order valence-corrected chi connectivity index (χ4v) is 3.09. The maximum atomic E-state index is 11.4. The molecule has 0 aromatic rings. The van der Waals surface area contributed by atoms with E-state index in [9.17, 15) is 4.79 Å². The van der Waals surface area contributed by atoms with Crippen LogP contribution in [0, 0.1) is 17.8 Å². The van der Waals surface area contributed by atoms with Crippen LogP contribution in [-0.2, 0) is 9.53 Å². The molecule has 2 unspecified atom stereocenters. The first-order valence-electron chi connectivity index (χ1n) is 5.37. The molecule has 3 atom stereocenters. The van der Waals surface area contributed by atoms with Crippen LogP contribution < -0.4 is 0 Å². The van der Waals surface area contributed by atoms with E-state index in [1.807, 2.05) is 0 Å². The fraction of sp³-hybridized carbons (Fsp3) is 0.909. The van der Waals surface area contributed by atoms with E-state index in [1.54, 1.807) is 0 Å². The summed E-state index contributed by atoms with van der Waals surface area (Å²) in [5, 5.41) is 0. The van der Waals surface area contributed by atoms with E-state index >= 15 is 0 Å². The van der Waals surface area contributed by atoms with Gasteiger partial charge in [-0.3, -0.25) is 4.79 Å². The van der Waals surface area contributed by atoms with Crippen molar-refractivity contribution in [2.24, 2.45) is 17.8 Å². The predicted octanol–water partition coefficient (Wildman–Crippen LogP) is 2.38. The Hall–Kier alpha value is -0.530. The van der Waals surface area contributed by atoms with Crippen LogP contribution >= 0.6 is 0 Å². The monoisotopic (exact) mass is 182 g/mol. The minimum absolute atomic E-state index is 0.0246. The van der Waals surface area contributed by atoms with Gasteiger partial charge in [-0.25, -0.2) is 0 Å². The lowest BCUT2D eigenvalue weighted by atomic mass is 9.68. The van der Waals surface area contributed by atoms with Crippen LogP contribution in [0.4, 0.5) is 0 Å². The third kappa shape index (κ3) is 1.87. The fourth-order valence-electron chi connectivity index (χ4n) is 3.09. The number of ether oxygens (including phenoxy) is 1. The summed E-state index contributed by atoms with van der Waals surface area (Å²) in [6.45, 7) is 0. The molecule has 0 radical (unpaired) electrons. The minimum Gasteiger partial charge on any atom is -0.469 e. The molecule has 0 aromatic carbocycles. The summed E-state index contributed by atoms with van der Waals surface area (Å²) in [6.07, 6.45) is 7.59. The van der Waals surface area contributed by atoms with Gasteiger partial charge < -0.3 is 4.74 Å². The van der Waals surface area contributed by atoms with Crippen LogP contribution in [0.3, 0.4) is 0 Å². The van der Waals surface area contributed by atoms with Crippen LogP contribution in [0.15, 0.2) is 0 Å². The highest BCUT2D eigenvalue weighted by Gasteiger charge is 2.35. The molecule has 0 amide bonds. The van der Waals surface area contributed by atoms with Crippen molar-refractivity contribution in [3.8, 4) is 0 Å². The van der Waals surface area contributed by atoms with Crippen molar-refractivity contribution in [3.63, 3.8) is 0 Å². The number of rotatable bonds is 1. The molecule has 0 aromatic heterocycles. The lowest BCUT2D eigenvalue weighted by Crippen LogP contribution is -2.31. The van der Waals surface area contributed by atoms with Crippen molar-refractivity contribution in [1.29, 1.82) is 0 Å². The van der Waals surface area contributed by atoms with Crippen molar-refractivity contribution in [2.45, 2.75) is 38.5 Å². The number of methoxy groups -OCH3 is 1. The van der Waals surface area contributed by atoms with Crippen LogP contribution in [0.2, 0.25) is 0 Å². The van der Waals surface area contributed by atoms with Gasteiger partial charge in [0.1, 0.15) is 0 Å². The zero-order chi connectivity index (χ0) is 9.26. The van der Waals surface area contributed by atoms with E-state index in [2.05, 4.69) is 0 Å². The Morgan fingerprint density at radius 1 is 1.15 bits per heavy atom. The minimum atomic E-state index is 0.0246. The second-order valence-electron chi connectivity index (χ2n) is 4.59. The zero-order valence-corrected chi connectivity index (χ0v) is 8.29. The molecule has 0 spiro atoms. The third-order valence-corrected chi connectivity index (χ3v) is 3.66. The second-order valence-corrected chi connectivity index (χ2v) is 4.59. The van der Waals surface area contributed by atoms with Crippen molar-refractivity contribution < 1.29 is 9.53 Å². The van der Waals surface area contributed by atoms with Crippen molar-refractivity contribution in [2.75, 3.05) is 7.11 Å². The molecule has 2 aliphatic rings. The molecule has 2 nitrogen and oxygen atoms in total. The van der Waals surface area contributed by atoms with Gasteiger partial charge in [0.2, 0.25) is 0 Å². The molecule has 2 bridgehead atoms. The SMILES string of the molecule is COC(=O)C1CC2CCC[C@H](C2)C1. The normalized spacial score (nSPS) is 38.4. The molecule has 2 rings (SSSR count). The summed E-state index contributed by atoms with van der Waals surface area (Å²) < 4.78 is 4.82. The maximum absolute atomic E-state index is 11.4. The largest absolute Gasteiger partial charge is 0.469 e. The summed E-state index contributed by atoms with van der Waals surface area (Å²) in [5.41, 5.74) is 0. The molecule has 2 fully saturated rings. The van der Waals surface area contributed by atoms with Crippen molar-refractivity contribution in [1.82, 2.24) is 0 Å².